The van der Waals surface area contributed by atoms with E-state index in [2.05, 4.69) is 39.8 Å². The van der Waals surface area contributed by atoms with Crippen LogP contribution in [0.4, 0.5) is 0 Å². The van der Waals surface area contributed by atoms with Crippen LogP contribution in [0.1, 0.15) is 38.8 Å². The molecule has 0 aliphatic rings. The summed E-state index contributed by atoms with van der Waals surface area (Å²) in [5.74, 6) is 0.851. The van der Waals surface area contributed by atoms with E-state index in [1.807, 2.05) is 42.5 Å². The third-order valence-electron chi connectivity index (χ3n) is 4.65. The van der Waals surface area contributed by atoms with E-state index in [4.69, 9.17) is 14.2 Å². The van der Waals surface area contributed by atoms with Crippen molar-refractivity contribution in [3.05, 3.63) is 65.7 Å². The molecule has 0 fully saturated rings. The summed E-state index contributed by atoms with van der Waals surface area (Å²) in [6.45, 7) is 9.40. The lowest BCUT2D eigenvalue weighted by molar-refractivity contribution is -0.186. The molecular formula is C21H28O3. The fourth-order valence-corrected chi connectivity index (χ4v) is 2.17. The molecule has 0 radical (unpaired) electrons. The number of ether oxygens (including phenoxy) is 3. The molecule has 0 aliphatic heterocycles. The Labute approximate surface area is 145 Å². The molecule has 0 spiro atoms. The summed E-state index contributed by atoms with van der Waals surface area (Å²) in [5.41, 5.74) is 1.43. The van der Waals surface area contributed by atoms with Gasteiger partial charge in [0.2, 0.25) is 0 Å². The van der Waals surface area contributed by atoms with Gasteiger partial charge in [0, 0.05) is 0 Å². The smallest absolute Gasteiger partial charge is 0.118 e. The van der Waals surface area contributed by atoms with Gasteiger partial charge in [-0.3, -0.25) is 0 Å². The highest BCUT2D eigenvalue weighted by molar-refractivity contribution is 5.26. The van der Waals surface area contributed by atoms with Crippen LogP contribution in [0.25, 0.3) is 0 Å². The van der Waals surface area contributed by atoms with Crippen molar-refractivity contribution in [2.45, 2.75) is 52.1 Å². The van der Waals surface area contributed by atoms with E-state index in [1.54, 1.807) is 7.11 Å². The maximum atomic E-state index is 6.18. The molecule has 24 heavy (non-hydrogen) atoms. The van der Waals surface area contributed by atoms with E-state index in [0.29, 0.717) is 13.2 Å². The molecule has 2 aromatic rings. The minimum atomic E-state index is -0.429. The third kappa shape index (κ3) is 4.83. The zero-order valence-electron chi connectivity index (χ0n) is 15.3. The summed E-state index contributed by atoms with van der Waals surface area (Å²) < 4.78 is 17.5. The van der Waals surface area contributed by atoms with Gasteiger partial charge in [-0.25, -0.2) is 0 Å². The van der Waals surface area contributed by atoms with Crippen LogP contribution in [0, 0.1) is 0 Å². The van der Waals surface area contributed by atoms with Crippen molar-refractivity contribution in [1.29, 1.82) is 0 Å². The van der Waals surface area contributed by atoms with E-state index in [1.165, 1.54) is 0 Å². The Hall–Kier alpha value is -1.84. The Morgan fingerprint density at radius 3 is 1.58 bits per heavy atom. The molecule has 0 heterocycles. The molecule has 0 aliphatic carbocycles. The Morgan fingerprint density at radius 1 is 0.667 bits per heavy atom. The molecule has 3 nitrogen and oxygen atoms in total. The van der Waals surface area contributed by atoms with Crippen molar-refractivity contribution in [1.82, 2.24) is 0 Å². The van der Waals surface area contributed by atoms with Crippen molar-refractivity contribution >= 4 is 0 Å². The summed E-state index contributed by atoms with van der Waals surface area (Å²) in [6.07, 6.45) is 0. The average Bonchev–Trinajstić information content (AvgIpc) is 2.59. The van der Waals surface area contributed by atoms with Gasteiger partial charge in [-0.2, -0.15) is 0 Å². The summed E-state index contributed by atoms with van der Waals surface area (Å²) >= 11 is 0. The molecule has 0 saturated carbocycles. The first-order valence-electron chi connectivity index (χ1n) is 8.29. The zero-order valence-corrected chi connectivity index (χ0v) is 15.3. The largest absolute Gasteiger partial charge is 0.497 e. The summed E-state index contributed by atoms with van der Waals surface area (Å²) in [5, 5.41) is 0. The fraction of sp³-hybridized carbons (Fsp3) is 0.429. The van der Waals surface area contributed by atoms with Gasteiger partial charge >= 0.3 is 0 Å². The minimum Gasteiger partial charge on any atom is -0.497 e. The zero-order chi connectivity index (χ0) is 17.6. The van der Waals surface area contributed by atoms with Gasteiger partial charge in [0.1, 0.15) is 5.75 Å². The second-order valence-electron chi connectivity index (χ2n) is 6.93. The Balaban J connectivity index is 1.93. The molecule has 0 atom stereocenters. The van der Waals surface area contributed by atoms with Crippen LogP contribution >= 0.6 is 0 Å². The molecule has 0 aromatic heterocycles. The normalized spacial score (nSPS) is 12.2. The van der Waals surface area contributed by atoms with Crippen LogP contribution in [-0.2, 0) is 22.7 Å². The molecule has 0 saturated heterocycles. The highest BCUT2D eigenvalue weighted by Crippen LogP contribution is 2.31. The minimum absolute atomic E-state index is 0.421. The second kappa shape index (κ2) is 7.82. The molecule has 130 valence electrons. The molecule has 2 aromatic carbocycles. The number of hydrogen-bond acceptors (Lipinski definition) is 3. The summed E-state index contributed by atoms with van der Waals surface area (Å²) in [4.78, 5) is 0. The van der Waals surface area contributed by atoms with Gasteiger partial charge in [0.05, 0.1) is 31.5 Å². The standard InChI is InChI=1S/C21H28O3/c1-20(2,23-15-17-9-7-6-8-10-17)21(3,4)24-16-18-11-13-19(22-5)14-12-18/h6-14H,15-16H2,1-5H3. The van der Waals surface area contributed by atoms with Crippen molar-refractivity contribution in [3.63, 3.8) is 0 Å². The van der Waals surface area contributed by atoms with Crippen molar-refractivity contribution in [3.8, 4) is 5.75 Å². The van der Waals surface area contributed by atoms with Gasteiger partial charge in [0.25, 0.3) is 0 Å². The van der Waals surface area contributed by atoms with Gasteiger partial charge in [-0.05, 0) is 51.0 Å². The lowest BCUT2D eigenvalue weighted by atomic mass is 9.89. The van der Waals surface area contributed by atoms with Crippen LogP contribution in [0.5, 0.6) is 5.75 Å². The first-order valence-corrected chi connectivity index (χ1v) is 8.29. The lowest BCUT2D eigenvalue weighted by Gasteiger charge is -2.41. The molecule has 0 unspecified atom stereocenters. The molecule has 0 bridgehead atoms. The molecule has 0 amide bonds. The molecular weight excluding hydrogens is 300 g/mol. The number of benzene rings is 2. The summed E-state index contributed by atoms with van der Waals surface area (Å²) in [7, 11) is 1.67. The lowest BCUT2D eigenvalue weighted by Crippen LogP contribution is -2.49. The first-order chi connectivity index (χ1) is 11.3. The quantitative estimate of drug-likeness (QED) is 0.683. The van der Waals surface area contributed by atoms with E-state index < -0.39 is 11.2 Å². The van der Waals surface area contributed by atoms with E-state index in [0.717, 1.165) is 16.9 Å². The van der Waals surface area contributed by atoms with E-state index >= 15 is 0 Å². The number of methoxy groups -OCH3 is 1. The van der Waals surface area contributed by atoms with Crippen LogP contribution in [0.3, 0.4) is 0 Å². The highest BCUT2D eigenvalue weighted by Gasteiger charge is 2.39. The van der Waals surface area contributed by atoms with Crippen LogP contribution in [0.15, 0.2) is 54.6 Å². The highest BCUT2D eigenvalue weighted by atomic mass is 16.6. The van der Waals surface area contributed by atoms with Gasteiger partial charge in [-0.15, -0.1) is 0 Å². The van der Waals surface area contributed by atoms with Crippen LogP contribution < -0.4 is 4.74 Å². The average molecular weight is 328 g/mol. The molecule has 0 N–H and O–H groups in total. The molecule has 2 rings (SSSR count). The van der Waals surface area contributed by atoms with Crippen molar-refractivity contribution in [2.75, 3.05) is 7.11 Å². The fourth-order valence-electron chi connectivity index (χ4n) is 2.17. The van der Waals surface area contributed by atoms with Crippen LogP contribution in [0.2, 0.25) is 0 Å². The predicted molar refractivity (Wildman–Crippen MR) is 97.2 cm³/mol. The topological polar surface area (TPSA) is 27.7 Å². The number of rotatable bonds is 8. The summed E-state index contributed by atoms with van der Waals surface area (Å²) in [6, 6.07) is 18.1. The van der Waals surface area contributed by atoms with Gasteiger partial charge < -0.3 is 14.2 Å². The third-order valence-corrected chi connectivity index (χ3v) is 4.65. The SMILES string of the molecule is COc1ccc(COC(C)(C)C(C)(C)OCc2ccccc2)cc1. The van der Waals surface area contributed by atoms with Gasteiger partial charge in [0.15, 0.2) is 0 Å². The monoisotopic (exact) mass is 328 g/mol. The Bertz CT molecular complexity index is 615. The second-order valence-corrected chi connectivity index (χ2v) is 6.93. The molecule has 3 heteroatoms. The number of hydrogen-bond donors (Lipinski definition) is 0. The van der Waals surface area contributed by atoms with E-state index in [9.17, 15) is 0 Å². The first kappa shape index (κ1) is 18.5. The maximum Gasteiger partial charge on any atom is 0.118 e. The predicted octanol–water partition coefficient (Wildman–Crippen LogP) is 4.99. The Morgan fingerprint density at radius 2 is 1.12 bits per heavy atom. The van der Waals surface area contributed by atoms with Crippen molar-refractivity contribution in [2.24, 2.45) is 0 Å². The Kier molecular flexibility index (Phi) is 6.03. The maximum absolute atomic E-state index is 6.18. The van der Waals surface area contributed by atoms with Crippen molar-refractivity contribution < 1.29 is 14.2 Å². The van der Waals surface area contributed by atoms with Gasteiger partial charge in [-0.1, -0.05) is 42.5 Å². The van der Waals surface area contributed by atoms with Crippen LogP contribution in [-0.4, -0.2) is 18.3 Å². The van der Waals surface area contributed by atoms with E-state index in [-0.39, 0.29) is 0 Å².